The molecule has 0 N–H and O–H groups in total. The van der Waals surface area contributed by atoms with E-state index in [0.717, 1.165) is 16.8 Å². The summed E-state index contributed by atoms with van der Waals surface area (Å²) in [6, 6.07) is 9.87. The summed E-state index contributed by atoms with van der Waals surface area (Å²) in [5.41, 5.74) is 2.63. The zero-order valence-electron chi connectivity index (χ0n) is 11.2. The Hall–Kier alpha value is -2.69. The summed E-state index contributed by atoms with van der Waals surface area (Å²) < 4.78 is 0. The monoisotopic (exact) mass is 269 g/mol. The fraction of sp³-hybridized carbons (Fsp3) is 0.133. The summed E-state index contributed by atoms with van der Waals surface area (Å²) in [6.45, 7) is 3.91. The molecule has 0 amide bonds. The van der Waals surface area contributed by atoms with Crippen molar-refractivity contribution in [3.05, 3.63) is 63.2 Å². The van der Waals surface area contributed by atoms with Crippen molar-refractivity contribution in [3.63, 3.8) is 0 Å². The van der Waals surface area contributed by atoms with E-state index < -0.39 is 16.4 Å². The first-order valence-corrected chi connectivity index (χ1v) is 6.05. The summed E-state index contributed by atoms with van der Waals surface area (Å²) in [4.78, 5) is 14.3. The van der Waals surface area contributed by atoms with Crippen LogP contribution in [0, 0.1) is 24.0 Å². The van der Waals surface area contributed by atoms with Crippen LogP contribution in [0.4, 0.5) is 11.4 Å². The zero-order chi connectivity index (χ0) is 14.7. The van der Waals surface area contributed by atoms with E-state index in [2.05, 4.69) is 4.99 Å². The molecule has 0 radical (unpaired) electrons. The van der Waals surface area contributed by atoms with Gasteiger partial charge in [0.05, 0.1) is 10.6 Å². The van der Waals surface area contributed by atoms with Crippen LogP contribution >= 0.6 is 0 Å². The molecule has 2 aromatic rings. The Bertz CT molecular complexity index is 694. The molecule has 20 heavy (non-hydrogen) atoms. The number of nitrogens with zero attached hydrogens (tertiary/aromatic N) is 2. The van der Waals surface area contributed by atoms with E-state index >= 15 is 0 Å². The Morgan fingerprint density at radius 2 is 1.85 bits per heavy atom. The molecule has 0 fully saturated rings. The number of aryl methyl sites for hydroxylation is 1. The lowest BCUT2D eigenvalue weighted by atomic mass is 10.1. The standard InChI is InChI=1S/C15H14N2O3/c1-10-5-3-7-13(11(10)2)16-9-12-6-4-8-14(15(12)18)17(19)20/h3-9,18H,1-2H3/p-1. The van der Waals surface area contributed by atoms with Crippen LogP contribution in [0.3, 0.4) is 0 Å². The summed E-state index contributed by atoms with van der Waals surface area (Å²) in [6.07, 6.45) is 1.37. The molecule has 0 aliphatic carbocycles. The van der Waals surface area contributed by atoms with Crippen molar-refractivity contribution in [1.82, 2.24) is 0 Å². The van der Waals surface area contributed by atoms with E-state index in [1.54, 1.807) is 0 Å². The average molecular weight is 269 g/mol. The summed E-state index contributed by atoms with van der Waals surface area (Å²) >= 11 is 0. The maximum Gasteiger partial charge on any atom is 0.262 e. The molecule has 0 aliphatic rings. The average Bonchev–Trinajstić information content (AvgIpc) is 2.41. The van der Waals surface area contributed by atoms with E-state index in [0.29, 0.717) is 0 Å². The molecule has 0 aliphatic heterocycles. The highest BCUT2D eigenvalue weighted by molar-refractivity contribution is 5.87. The fourth-order valence-electron chi connectivity index (χ4n) is 1.80. The molecule has 5 nitrogen and oxygen atoms in total. The molecule has 2 aromatic carbocycles. The number of rotatable bonds is 3. The SMILES string of the molecule is Cc1cccc(N=Cc2cccc([N+](=O)[O-])c2[O-])c1C. The van der Waals surface area contributed by atoms with Crippen LogP contribution in [0.1, 0.15) is 16.7 Å². The smallest absolute Gasteiger partial charge is 0.262 e. The molecule has 0 atom stereocenters. The maximum absolute atomic E-state index is 11.9. The minimum atomic E-state index is -0.683. The Kier molecular flexibility index (Phi) is 3.79. The molecule has 2 rings (SSSR count). The van der Waals surface area contributed by atoms with Crippen LogP contribution in [0.5, 0.6) is 5.75 Å². The molecule has 102 valence electrons. The number of nitro groups is 1. The van der Waals surface area contributed by atoms with E-state index in [1.165, 1.54) is 24.4 Å². The zero-order valence-corrected chi connectivity index (χ0v) is 11.2. The molecular formula is C15H13N2O3-. The van der Waals surface area contributed by atoms with Crippen LogP contribution in [0.15, 0.2) is 41.4 Å². The first kappa shape index (κ1) is 13.7. The lowest BCUT2D eigenvalue weighted by Crippen LogP contribution is -2.01. The van der Waals surface area contributed by atoms with Gasteiger partial charge >= 0.3 is 0 Å². The van der Waals surface area contributed by atoms with Gasteiger partial charge in [-0.25, -0.2) is 0 Å². The molecule has 0 spiro atoms. The number of hydrogen-bond donors (Lipinski definition) is 0. The van der Waals surface area contributed by atoms with Crippen molar-refractivity contribution in [2.45, 2.75) is 13.8 Å². The van der Waals surface area contributed by atoms with Gasteiger partial charge in [-0.05, 0) is 42.4 Å². The summed E-state index contributed by atoms with van der Waals surface area (Å²) in [7, 11) is 0. The molecule has 0 unspecified atom stereocenters. The van der Waals surface area contributed by atoms with Crippen molar-refractivity contribution in [2.24, 2.45) is 4.99 Å². The van der Waals surface area contributed by atoms with E-state index in [1.807, 2.05) is 32.0 Å². The van der Waals surface area contributed by atoms with Gasteiger partial charge in [0, 0.05) is 12.3 Å². The summed E-state index contributed by atoms with van der Waals surface area (Å²) in [5, 5.41) is 22.6. The maximum atomic E-state index is 11.9. The quantitative estimate of drug-likeness (QED) is 0.488. The van der Waals surface area contributed by atoms with Gasteiger partial charge in [-0.3, -0.25) is 15.1 Å². The highest BCUT2D eigenvalue weighted by Gasteiger charge is 2.08. The van der Waals surface area contributed by atoms with Gasteiger partial charge in [-0.1, -0.05) is 24.3 Å². The van der Waals surface area contributed by atoms with Crippen LogP contribution in [-0.2, 0) is 0 Å². The van der Waals surface area contributed by atoms with Gasteiger partial charge in [0.1, 0.15) is 0 Å². The third kappa shape index (κ3) is 2.66. The molecule has 5 heteroatoms. The van der Waals surface area contributed by atoms with Crippen molar-refractivity contribution < 1.29 is 10.0 Å². The number of para-hydroxylation sites is 1. The first-order valence-electron chi connectivity index (χ1n) is 6.05. The Morgan fingerprint density at radius 1 is 1.15 bits per heavy atom. The second kappa shape index (κ2) is 5.52. The third-order valence-electron chi connectivity index (χ3n) is 3.14. The Morgan fingerprint density at radius 3 is 2.55 bits per heavy atom. The van der Waals surface area contributed by atoms with Gasteiger partial charge < -0.3 is 5.11 Å². The lowest BCUT2D eigenvalue weighted by molar-refractivity contribution is -0.398. The van der Waals surface area contributed by atoms with Crippen LogP contribution in [0.2, 0.25) is 0 Å². The molecule has 0 saturated heterocycles. The second-order valence-corrected chi connectivity index (χ2v) is 4.43. The molecule has 0 aromatic heterocycles. The highest BCUT2D eigenvalue weighted by Crippen LogP contribution is 2.26. The Labute approximate surface area is 116 Å². The third-order valence-corrected chi connectivity index (χ3v) is 3.14. The number of benzene rings is 2. The van der Waals surface area contributed by atoms with Gasteiger partial charge in [0.15, 0.2) is 0 Å². The topological polar surface area (TPSA) is 78.6 Å². The minimum Gasteiger partial charge on any atom is -0.867 e. The van der Waals surface area contributed by atoms with Crippen molar-refractivity contribution >= 4 is 17.6 Å². The number of hydrogen-bond acceptors (Lipinski definition) is 4. The van der Waals surface area contributed by atoms with Crippen molar-refractivity contribution in [1.29, 1.82) is 0 Å². The minimum absolute atomic E-state index is 0.208. The van der Waals surface area contributed by atoms with Crippen LogP contribution in [0.25, 0.3) is 0 Å². The van der Waals surface area contributed by atoms with Gasteiger partial charge in [-0.2, -0.15) is 0 Å². The molecular weight excluding hydrogens is 256 g/mol. The van der Waals surface area contributed by atoms with Crippen molar-refractivity contribution in [3.8, 4) is 5.75 Å². The molecule has 0 saturated carbocycles. The molecule has 0 bridgehead atoms. The summed E-state index contributed by atoms with van der Waals surface area (Å²) in [5.74, 6) is -0.619. The predicted octanol–water partition coefficient (Wildman–Crippen LogP) is 3.04. The Balaban J connectivity index is 2.40. The molecule has 0 heterocycles. The van der Waals surface area contributed by atoms with Gasteiger partial charge in [0.2, 0.25) is 0 Å². The van der Waals surface area contributed by atoms with E-state index in [9.17, 15) is 15.2 Å². The second-order valence-electron chi connectivity index (χ2n) is 4.43. The first-order chi connectivity index (χ1) is 9.50. The fourth-order valence-corrected chi connectivity index (χ4v) is 1.80. The van der Waals surface area contributed by atoms with Crippen LogP contribution in [-0.4, -0.2) is 11.1 Å². The predicted molar refractivity (Wildman–Crippen MR) is 75.7 cm³/mol. The van der Waals surface area contributed by atoms with Gasteiger partial charge in [0.25, 0.3) is 5.69 Å². The lowest BCUT2D eigenvalue weighted by Gasteiger charge is -2.10. The van der Waals surface area contributed by atoms with Gasteiger partial charge in [-0.15, -0.1) is 0 Å². The number of aliphatic imine (C=N–C) groups is 1. The van der Waals surface area contributed by atoms with E-state index in [-0.39, 0.29) is 5.56 Å². The van der Waals surface area contributed by atoms with Crippen LogP contribution < -0.4 is 5.11 Å². The largest absolute Gasteiger partial charge is 0.867 e. The number of nitro benzene ring substituents is 1. The van der Waals surface area contributed by atoms with Crippen molar-refractivity contribution in [2.75, 3.05) is 0 Å². The van der Waals surface area contributed by atoms with E-state index in [4.69, 9.17) is 0 Å². The normalized spacial score (nSPS) is 10.9. The highest BCUT2D eigenvalue weighted by atomic mass is 16.6.